The van der Waals surface area contributed by atoms with Crippen LogP contribution in [0.5, 0.6) is 5.88 Å². The fourth-order valence-corrected chi connectivity index (χ4v) is 5.71. The van der Waals surface area contributed by atoms with E-state index in [1.807, 2.05) is 18.2 Å². The number of aromatic nitrogens is 3. The Balaban J connectivity index is 1.55. The predicted octanol–water partition coefficient (Wildman–Crippen LogP) is 3.13. The smallest absolute Gasteiger partial charge is 0.221 e. The van der Waals surface area contributed by atoms with E-state index in [2.05, 4.69) is 15.5 Å². The van der Waals surface area contributed by atoms with Crippen molar-refractivity contribution in [1.29, 1.82) is 0 Å². The van der Waals surface area contributed by atoms with Crippen molar-refractivity contribution in [2.45, 2.75) is 41.9 Å². The van der Waals surface area contributed by atoms with Gasteiger partial charge >= 0.3 is 0 Å². The summed E-state index contributed by atoms with van der Waals surface area (Å²) in [6.07, 6.45) is 8.07. The highest BCUT2D eigenvalue weighted by molar-refractivity contribution is 7.92. The molecule has 2 aliphatic rings. The summed E-state index contributed by atoms with van der Waals surface area (Å²) in [5.41, 5.74) is 3.94. The van der Waals surface area contributed by atoms with E-state index < -0.39 is 9.84 Å². The number of ether oxygens (including phenoxy) is 1. The summed E-state index contributed by atoms with van der Waals surface area (Å²) in [6, 6.07) is 10.6. The average Bonchev–Trinajstić information content (AvgIpc) is 3.41. The number of methoxy groups -OCH3 is 1. The maximum atomic E-state index is 12.6. The quantitative estimate of drug-likeness (QED) is 0.555. The van der Waals surface area contributed by atoms with Crippen LogP contribution in [0.4, 0.5) is 0 Å². The zero-order chi connectivity index (χ0) is 23.0. The van der Waals surface area contributed by atoms with E-state index in [-0.39, 0.29) is 17.2 Å². The average molecular weight is 465 g/mol. The molecule has 1 aliphatic heterocycles. The second kappa shape index (κ2) is 8.47. The van der Waals surface area contributed by atoms with Crippen LogP contribution >= 0.6 is 0 Å². The van der Waals surface area contributed by atoms with Crippen LogP contribution in [0.25, 0.3) is 16.7 Å². The van der Waals surface area contributed by atoms with Gasteiger partial charge in [-0.2, -0.15) is 5.10 Å². The highest BCUT2D eigenvalue weighted by Crippen LogP contribution is 2.35. The SMILES string of the molecule is COc1nc(C(=C[C@H]2CCC(=O)N2)c2ccc(S(=O)(=O)C3CC3)cc2)ccc1-c1cn[nH]c1. The number of nitrogens with zero attached hydrogens (tertiary/aromatic N) is 2. The number of hydrogen-bond donors (Lipinski definition) is 2. The molecule has 33 heavy (non-hydrogen) atoms. The summed E-state index contributed by atoms with van der Waals surface area (Å²) in [6.45, 7) is 0. The first-order valence-corrected chi connectivity index (χ1v) is 12.4. The molecule has 1 saturated carbocycles. The molecule has 1 amide bonds. The maximum absolute atomic E-state index is 12.6. The summed E-state index contributed by atoms with van der Waals surface area (Å²) in [5.74, 6) is 0.463. The van der Waals surface area contributed by atoms with Gasteiger partial charge in [-0.05, 0) is 49.1 Å². The minimum atomic E-state index is -3.26. The van der Waals surface area contributed by atoms with Gasteiger partial charge in [0.25, 0.3) is 0 Å². The molecule has 8 nitrogen and oxygen atoms in total. The van der Waals surface area contributed by atoms with E-state index in [0.717, 1.165) is 35.1 Å². The molecule has 0 unspecified atom stereocenters. The first kappa shape index (κ1) is 21.4. The third kappa shape index (κ3) is 4.28. The first-order chi connectivity index (χ1) is 16.0. The van der Waals surface area contributed by atoms with Crippen molar-refractivity contribution >= 4 is 21.3 Å². The molecule has 5 rings (SSSR count). The zero-order valence-electron chi connectivity index (χ0n) is 18.1. The molecule has 0 radical (unpaired) electrons. The van der Waals surface area contributed by atoms with Crippen LogP contribution in [-0.2, 0) is 14.6 Å². The third-order valence-corrected chi connectivity index (χ3v) is 8.27. The highest BCUT2D eigenvalue weighted by Gasteiger charge is 2.36. The van der Waals surface area contributed by atoms with Gasteiger partial charge in [-0.3, -0.25) is 9.89 Å². The molecule has 1 aromatic carbocycles. The number of pyridine rings is 1. The Labute approximate surface area is 192 Å². The molecule has 9 heteroatoms. The molecule has 1 atom stereocenters. The summed E-state index contributed by atoms with van der Waals surface area (Å²) in [4.78, 5) is 16.8. The molecule has 2 fully saturated rings. The van der Waals surface area contributed by atoms with Crippen LogP contribution in [0.1, 0.15) is 36.9 Å². The molecular weight excluding hydrogens is 440 g/mol. The number of carbonyl (C=O) groups excluding carboxylic acids is 1. The highest BCUT2D eigenvalue weighted by atomic mass is 32.2. The Morgan fingerprint density at radius 2 is 1.91 bits per heavy atom. The van der Waals surface area contributed by atoms with Crippen LogP contribution < -0.4 is 10.1 Å². The van der Waals surface area contributed by atoms with Gasteiger partial charge in [-0.25, -0.2) is 13.4 Å². The van der Waals surface area contributed by atoms with Crippen LogP contribution in [0.2, 0.25) is 0 Å². The van der Waals surface area contributed by atoms with E-state index in [0.29, 0.717) is 29.3 Å². The van der Waals surface area contributed by atoms with Crippen LogP contribution in [-0.4, -0.2) is 47.9 Å². The fourth-order valence-electron chi connectivity index (χ4n) is 4.05. The summed E-state index contributed by atoms with van der Waals surface area (Å²) < 4.78 is 30.7. The second-order valence-electron chi connectivity index (χ2n) is 8.30. The van der Waals surface area contributed by atoms with Gasteiger partial charge in [0.1, 0.15) is 0 Å². The molecule has 2 aromatic heterocycles. The molecular formula is C24H24N4O4S. The number of H-pyrrole nitrogens is 1. The minimum absolute atomic E-state index is 0.0160. The topological polar surface area (TPSA) is 114 Å². The summed E-state index contributed by atoms with van der Waals surface area (Å²) >= 11 is 0. The first-order valence-electron chi connectivity index (χ1n) is 10.9. The van der Waals surface area contributed by atoms with Crippen molar-refractivity contribution in [2.75, 3.05) is 7.11 Å². The molecule has 3 heterocycles. The summed E-state index contributed by atoms with van der Waals surface area (Å²) in [5, 5.41) is 9.49. The summed E-state index contributed by atoms with van der Waals surface area (Å²) in [7, 11) is -1.70. The predicted molar refractivity (Wildman–Crippen MR) is 123 cm³/mol. The normalized spacial score (nSPS) is 18.9. The maximum Gasteiger partial charge on any atom is 0.221 e. The van der Waals surface area contributed by atoms with E-state index in [4.69, 9.17) is 9.72 Å². The molecule has 1 saturated heterocycles. The standard InChI is InChI=1S/C24H24N4O4S/c1-32-24-20(16-13-25-26-14-16)9-10-22(28-24)21(12-17-4-11-23(29)27-17)15-2-5-18(6-3-15)33(30,31)19-7-8-19/h2-3,5-6,9-10,12-14,17,19H,4,7-8,11H2,1H3,(H,25,26)(H,27,29)/t17-/m1/s1. The molecule has 3 aromatic rings. The van der Waals surface area contributed by atoms with Crippen molar-refractivity contribution in [3.05, 3.63) is 66.1 Å². The third-order valence-electron chi connectivity index (χ3n) is 5.99. The molecule has 170 valence electrons. The van der Waals surface area contributed by atoms with Gasteiger partial charge in [0, 0.05) is 35.4 Å². The number of carbonyl (C=O) groups is 1. The Kier molecular flexibility index (Phi) is 5.49. The van der Waals surface area contributed by atoms with Crippen LogP contribution in [0.15, 0.2) is 59.8 Å². The number of benzene rings is 1. The van der Waals surface area contributed by atoms with Gasteiger partial charge in [0.2, 0.25) is 11.8 Å². The molecule has 2 N–H and O–H groups in total. The van der Waals surface area contributed by atoms with Crippen molar-refractivity contribution in [3.63, 3.8) is 0 Å². The Hall–Kier alpha value is -3.46. The van der Waals surface area contributed by atoms with E-state index in [1.165, 1.54) is 0 Å². The van der Waals surface area contributed by atoms with Crippen molar-refractivity contribution in [2.24, 2.45) is 0 Å². The molecule has 0 bridgehead atoms. The number of hydrogen-bond acceptors (Lipinski definition) is 6. The lowest BCUT2D eigenvalue weighted by Gasteiger charge is -2.14. The van der Waals surface area contributed by atoms with Crippen molar-refractivity contribution in [1.82, 2.24) is 20.5 Å². The van der Waals surface area contributed by atoms with Gasteiger partial charge in [0.15, 0.2) is 9.84 Å². The van der Waals surface area contributed by atoms with Crippen molar-refractivity contribution in [3.8, 4) is 17.0 Å². The zero-order valence-corrected chi connectivity index (χ0v) is 18.9. The molecule has 1 aliphatic carbocycles. The second-order valence-corrected chi connectivity index (χ2v) is 10.5. The van der Waals surface area contributed by atoms with Gasteiger partial charge in [-0.15, -0.1) is 0 Å². The Morgan fingerprint density at radius 3 is 2.52 bits per heavy atom. The van der Waals surface area contributed by atoms with Crippen molar-refractivity contribution < 1.29 is 17.9 Å². The Morgan fingerprint density at radius 1 is 1.12 bits per heavy atom. The number of sulfone groups is 1. The van der Waals surface area contributed by atoms with E-state index >= 15 is 0 Å². The van der Waals surface area contributed by atoms with Crippen LogP contribution in [0, 0.1) is 0 Å². The number of rotatable bonds is 7. The van der Waals surface area contributed by atoms with E-state index in [9.17, 15) is 13.2 Å². The van der Waals surface area contributed by atoms with Gasteiger partial charge < -0.3 is 10.1 Å². The van der Waals surface area contributed by atoms with E-state index in [1.54, 1.807) is 43.8 Å². The molecule has 0 spiro atoms. The largest absolute Gasteiger partial charge is 0.481 e. The number of nitrogens with one attached hydrogen (secondary N) is 2. The Bertz CT molecular complexity index is 1310. The lowest BCUT2D eigenvalue weighted by atomic mass is 9.98. The lowest BCUT2D eigenvalue weighted by molar-refractivity contribution is -0.119. The van der Waals surface area contributed by atoms with Crippen LogP contribution in [0.3, 0.4) is 0 Å². The lowest BCUT2D eigenvalue weighted by Crippen LogP contribution is -2.23. The monoisotopic (exact) mass is 464 g/mol. The van der Waals surface area contributed by atoms with Gasteiger partial charge in [-0.1, -0.05) is 18.2 Å². The number of aromatic amines is 1. The van der Waals surface area contributed by atoms with Gasteiger partial charge in [0.05, 0.1) is 29.1 Å². The number of amides is 1. The minimum Gasteiger partial charge on any atom is -0.481 e. The fraction of sp³-hybridized carbons (Fsp3) is 0.292.